The molecule has 2 N–H and O–H groups in total. The molecule has 4 heteroatoms. The van der Waals surface area contributed by atoms with Crippen LogP contribution in [0.15, 0.2) is 42.5 Å². The van der Waals surface area contributed by atoms with Crippen molar-refractivity contribution in [3.8, 4) is 5.75 Å². The summed E-state index contributed by atoms with van der Waals surface area (Å²) < 4.78 is 32.7. The van der Waals surface area contributed by atoms with Crippen molar-refractivity contribution < 1.29 is 13.5 Å². The maximum absolute atomic E-state index is 13.7. The summed E-state index contributed by atoms with van der Waals surface area (Å²) >= 11 is 0. The van der Waals surface area contributed by atoms with E-state index in [4.69, 9.17) is 10.5 Å². The highest BCUT2D eigenvalue weighted by Gasteiger charge is 2.24. The topological polar surface area (TPSA) is 35.2 Å². The molecule has 0 spiro atoms. The van der Waals surface area contributed by atoms with E-state index in [1.165, 1.54) is 0 Å². The highest BCUT2D eigenvalue weighted by Crippen LogP contribution is 2.30. The van der Waals surface area contributed by atoms with E-state index in [-0.39, 0.29) is 11.7 Å². The molecule has 0 aliphatic heterocycles. The van der Waals surface area contributed by atoms with Gasteiger partial charge in [-0.2, -0.15) is 0 Å². The van der Waals surface area contributed by atoms with Gasteiger partial charge in [0.05, 0.1) is 12.1 Å². The largest absolute Gasteiger partial charge is 0.490 e. The van der Waals surface area contributed by atoms with Gasteiger partial charge in [0.1, 0.15) is 17.4 Å². The minimum Gasteiger partial charge on any atom is -0.490 e. The van der Waals surface area contributed by atoms with Crippen molar-refractivity contribution in [3.05, 3.63) is 65.2 Å². The van der Waals surface area contributed by atoms with E-state index in [0.717, 1.165) is 36.8 Å². The van der Waals surface area contributed by atoms with Gasteiger partial charge in [0.2, 0.25) is 0 Å². The molecule has 1 aliphatic carbocycles. The van der Waals surface area contributed by atoms with Crippen molar-refractivity contribution in [2.24, 2.45) is 5.73 Å². The van der Waals surface area contributed by atoms with Gasteiger partial charge < -0.3 is 10.5 Å². The van der Waals surface area contributed by atoms with E-state index in [2.05, 4.69) is 0 Å². The van der Waals surface area contributed by atoms with Crippen LogP contribution >= 0.6 is 0 Å². The summed E-state index contributed by atoms with van der Waals surface area (Å²) in [5.74, 6) is -0.285. The molecular weight excluding hydrogens is 260 g/mol. The summed E-state index contributed by atoms with van der Waals surface area (Å²) in [7, 11) is 0. The average molecular weight is 275 g/mol. The first-order valence-electron chi connectivity index (χ1n) is 6.60. The van der Waals surface area contributed by atoms with Crippen molar-refractivity contribution in [1.29, 1.82) is 0 Å². The minimum atomic E-state index is -0.714. The maximum Gasteiger partial charge on any atom is 0.128 e. The van der Waals surface area contributed by atoms with Gasteiger partial charge in [-0.1, -0.05) is 12.1 Å². The van der Waals surface area contributed by atoms with Gasteiger partial charge >= 0.3 is 0 Å². The molecule has 104 valence electrons. The molecule has 3 rings (SSSR count). The Balaban J connectivity index is 1.88. The van der Waals surface area contributed by atoms with Crippen molar-refractivity contribution in [1.82, 2.24) is 0 Å². The molecule has 0 bridgehead atoms. The van der Waals surface area contributed by atoms with Crippen LogP contribution in [0.4, 0.5) is 8.78 Å². The Morgan fingerprint density at radius 3 is 2.65 bits per heavy atom. The number of halogens is 2. The summed E-state index contributed by atoms with van der Waals surface area (Å²) in [5.41, 5.74) is 6.89. The molecule has 2 aromatic carbocycles. The lowest BCUT2D eigenvalue weighted by molar-refractivity contribution is 0.303. The monoisotopic (exact) mass is 275 g/mol. The fourth-order valence-corrected chi connectivity index (χ4v) is 2.09. The highest BCUT2D eigenvalue weighted by molar-refractivity contribution is 5.37. The Kier molecular flexibility index (Phi) is 3.40. The Labute approximate surface area is 116 Å². The number of nitrogens with two attached hydrogens (primary N) is 1. The molecular formula is C16H15F2NO. The summed E-state index contributed by atoms with van der Waals surface area (Å²) in [6.45, 7) is 0. The second kappa shape index (κ2) is 5.21. The molecule has 2 nitrogen and oxygen atoms in total. The van der Waals surface area contributed by atoms with Crippen LogP contribution in [0.1, 0.15) is 30.0 Å². The van der Waals surface area contributed by atoms with Crippen LogP contribution in [0.2, 0.25) is 0 Å². The Morgan fingerprint density at radius 1 is 1.10 bits per heavy atom. The van der Waals surface area contributed by atoms with Crippen LogP contribution in [-0.4, -0.2) is 6.10 Å². The van der Waals surface area contributed by atoms with Gasteiger partial charge in [0.25, 0.3) is 0 Å². The molecule has 0 heterocycles. The van der Waals surface area contributed by atoms with Gasteiger partial charge in [0, 0.05) is 5.56 Å². The lowest BCUT2D eigenvalue weighted by Gasteiger charge is -2.15. The quantitative estimate of drug-likeness (QED) is 0.926. The standard InChI is InChI=1S/C16H15F2NO/c17-11-4-7-15(18)14(9-11)16(19)10-2-1-3-13(8-10)20-12-5-6-12/h1-4,7-9,12,16H,5-6,19H2. The summed E-state index contributed by atoms with van der Waals surface area (Å²) in [4.78, 5) is 0. The first-order chi connectivity index (χ1) is 9.63. The molecule has 1 saturated carbocycles. The van der Waals surface area contributed by atoms with Gasteiger partial charge in [-0.05, 0) is 48.7 Å². The summed E-state index contributed by atoms with van der Waals surface area (Å²) in [6.07, 6.45) is 2.41. The van der Waals surface area contributed by atoms with Crippen LogP contribution in [0, 0.1) is 11.6 Å². The molecule has 2 aromatic rings. The number of hydrogen-bond acceptors (Lipinski definition) is 2. The molecule has 1 fully saturated rings. The van der Waals surface area contributed by atoms with Crippen molar-refractivity contribution in [2.75, 3.05) is 0 Å². The highest BCUT2D eigenvalue weighted by atomic mass is 19.1. The van der Waals surface area contributed by atoms with Gasteiger partial charge in [-0.15, -0.1) is 0 Å². The molecule has 0 aromatic heterocycles. The van der Waals surface area contributed by atoms with Crippen molar-refractivity contribution in [3.63, 3.8) is 0 Å². The third-order valence-corrected chi connectivity index (χ3v) is 3.34. The Hall–Kier alpha value is -1.94. The number of rotatable bonds is 4. The molecule has 0 amide bonds. The lowest BCUT2D eigenvalue weighted by Crippen LogP contribution is -2.14. The molecule has 20 heavy (non-hydrogen) atoms. The zero-order valence-corrected chi connectivity index (χ0v) is 10.9. The van der Waals surface area contributed by atoms with Gasteiger partial charge in [0.15, 0.2) is 0 Å². The third-order valence-electron chi connectivity index (χ3n) is 3.34. The van der Waals surface area contributed by atoms with E-state index in [0.29, 0.717) is 5.56 Å². The van der Waals surface area contributed by atoms with Gasteiger partial charge in [-0.25, -0.2) is 8.78 Å². The Morgan fingerprint density at radius 2 is 1.90 bits per heavy atom. The third kappa shape index (κ3) is 2.80. The number of ether oxygens (including phenoxy) is 1. The zero-order chi connectivity index (χ0) is 14.1. The van der Waals surface area contributed by atoms with E-state index in [1.54, 1.807) is 12.1 Å². The number of hydrogen-bond donors (Lipinski definition) is 1. The predicted molar refractivity (Wildman–Crippen MR) is 72.5 cm³/mol. The van der Waals surface area contributed by atoms with Crippen LogP contribution in [0.25, 0.3) is 0 Å². The molecule has 0 saturated heterocycles. The zero-order valence-electron chi connectivity index (χ0n) is 10.9. The van der Waals surface area contributed by atoms with Gasteiger partial charge in [-0.3, -0.25) is 0 Å². The van der Waals surface area contributed by atoms with Crippen LogP contribution < -0.4 is 10.5 Å². The minimum absolute atomic E-state index is 0.147. The summed E-state index contributed by atoms with van der Waals surface area (Å²) in [5, 5.41) is 0. The molecule has 1 aliphatic rings. The average Bonchev–Trinajstić information content (AvgIpc) is 3.25. The molecule has 1 unspecified atom stereocenters. The first-order valence-corrected chi connectivity index (χ1v) is 6.60. The normalized spacial score (nSPS) is 15.9. The van der Waals surface area contributed by atoms with Crippen molar-refractivity contribution >= 4 is 0 Å². The molecule has 0 radical (unpaired) electrons. The predicted octanol–water partition coefficient (Wildman–Crippen LogP) is 3.55. The fourth-order valence-electron chi connectivity index (χ4n) is 2.09. The van der Waals surface area contributed by atoms with Crippen LogP contribution in [0.5, 0.6) is 5.75 Å². The Bertz CT molecular complexity index is 626. The summed E-state index contributed by atoms with van der Waals surface area (Å²) in [6, 6.07) is 9.82. The van der Waals surface area contributed by atoms with Crippen LogP contribution in [0.3, 0.4) is 0 Å². The lowest BCUT2D eigenvalue weighted by atomic mass is 9.99. The maximum atomic E-state index is 13.7. The first kappa shape index (κ1) is 13.1. The van der Waals surface area contributed by atoms with E-state index >= 15 is 0 Å². The smallest absolute Gasteiger partial charge is 0.128 e. The second-order valence-corrected chi connectivity index (χ2v) is 5.03. The molecule has 1 atom stereocenters. The van der Waals surface area contributed by atoms with E-state index in [1.807, 2.05) is 12.1 Å². The van der Waals surface area contributed by atoms with Crippen molar-refractivity contribution in [2.45, 2.75) is 25.0 Å². The second-order valence-electron chi connectivity index (χ2n) is 5.03. The fraction of sp³-hybridized carbons (Fsp3) is 0.250. The van der Waals surface area contributed by atoms with E-state index < -0.39 is 17.7 Å². The SMILES string of the molecule is NC(c1cccc(OC2CC2)c1)c1cc(F)ccc1F. The van der Waals surface area contributed by atoms with Crippen LogP contribution in [-0.2, 0) is 0 Å². The van der Waals surface area contributed by atoms with E-state index in [9.17, 15) is 8.78 Å². The number of benzene rings is 2.